The number of hydrogen-bond acceptors (Lipinski definition) is 4. The van der Waals surface area contributed by atoms with Crippen LogP contribution in [0, 0.1) is 6.92 Å². The van der Waals surface area contributed by atoms with Gasteiger partial charge < -0.3 is 10.6 Å². The third kappa shape index (κ3) is 4.04. The Bertz CT molecular complexity index is 762. The Morgan fingerprint density at radius 3 is 2.56 bits per heavy atom. The molecule has 0 aliphatic heterocycles. The summed E-state index contributed by atoms with van der Waals surface area (Å²) in [6.07, 6.45) is 4.07. The van der Waals surface area contributed by atoms with Crippen LogP contribution in [-0.4, -0.2) is 39.4 Å². The van der Waals surface area contributed by atoms with Gasteiger partial charge in [-0.2, -0.15) is 0 Å². The fourth-order valence-corrected chi connectivity index (χ4v) is 2.50. The molecular formula is C18H23N5O2. The van der Waals surface area contributed by atoms with Crippen LogP contribution in [0.1, 0.15) is 59.1 Å². The van der Waals surface area contributed by atoms with Crippen molar-refractivity contribution in [1.29, 1.82) is 0 Å². The van der Waals surface area contributed by atoms with Crippen molar-refractivity contribution in [2.24, 2.45) is 0 Å². The summed E-state index contributed by atoms with van der Waals surface area (Å²) in [5.74, 6) is -0.266. The molecule has 2 N–H and O–H groups in total. The summed E-state index contributed by atoms with van der Waals surface area (Å²) in [6, 6.07) is 7.39. The van der Waals surface area contributed by atoms with E-state index in [1.807, 2.05) is 6.92 Å². The average molecular weight is 341 g/mol. The second kappa shape index (κ2) is 7.46. The molecule has 1 fully saturated rings. The predicted molar refractivity (Wildman–Crippen MR) is 93.8 cm³/mol. The van der Waals surface area contributed by atoms with Gasteiger partial charge in [-0.3, -0.25) is 9.59 Å². The first kappa shape index (κ1) is 17.1. The number of amides is 2. The van der Waals surface area contributed by atoms with Gasteiger partial charge >= 0.3 is 0 Å². The van der Waals surface area contributed by atoms with Gasteiger partial charge in [0.05, 0.1) is 11.4 Å². The van der Waals surface area contributed by atoms with Crippen molar-refractivity contribution in [3.8, 4) is 5.69 Å². The molecule has 2 amide bonds. The van der Waals surface area contributed by atoms with Gasteiger partial charge in [-0.15, -0.1) is 5.10 Å². The number of carbonyl (C=O) groups excluding carboxylic acids is 2. The Kier molecular flexibility index (Phi) is 5.11. The van der Waals surface area contributed by atoms with E-state index in [1.54, 1.807) is 28.9 Å². The standard InChI is InChI=1S/C18H23N5O2/c1-3-4-11-19-17(24)13-5-9-15(10-6-13)23-12(2)16(21-22-23)18(25)20-14-7-8-14/h5-6,9-10,14H,3-4,7-8,11H2,1-2H3,(H,19,24)(H,20,25). The fraction of sp³-hybridized carbons (Fsp3) is 0.444. The minimum atomic E-state index is -0.182. The summed E-state index contributed by atoms with van der Waals surface area (Å²) in [5.41, 5.74) is 2.39. The Balaban J connectivity index is 1.70. The smallest absolute Gasteiger partial charge is 0.273 e. The van der Waals surface area contributed by atoms with Gasteiger partial charge in [0.15, 0.2) is 5.69 Å². The summed E-state index contributed by atoms with van der Waals surface area (Å²) in [5, 5.41) is 13.9. The number of benzene rings is 1. The van der Waals surface area contributed by atoms with E-state index in [9.17, 15) is 9.59 Å². The van der Waals surface area contributed by atoms with E-state index in [1.165, 1.54) is 0 Å². The average Bonchev–Trinajstić information content (AvgIpc) is 3.34. The van der Waals surface area contributed by atoms with Crippen LogP contribution in [0.5, 0.6) is 0 Å². The van der Waals surface area contributed by atoms with Gasteiger partial charge in [0, 0.05) is 18.2 Å². The molecule has 7 nitrogen and oxygen atoms in total. The van der Waals surface area contributed by atoms with Crippen molar-refractivity contribution < 1.29 is 9.59 Å². The van der Waals surface area contributed by atoms with Crippen molar-refractivity contribution in [3.05, 3.63) is 41.2 Å². The summed E-state index contributed by atoms with van der Waals surface area (Å²) in [6.45, 7) is 4.58. The van der Waals surface area contributed by atoms with E-state index < -0.39 is 0 Å². The quantitative estimate of drug-likeness (QED) is 0.754. The SMILES string of the molecule is CCCCNC(=O)c1ccc(-n2nnc(C(=O)NC3CC3)c2C)cc1. The van der Waals surface area contributed by atoms with Crippen molar-refractivity contribution in [2.45, 2.75) is 45.6 Å². The molecule has 25 heavy (non-hydrogen) atoms. The van der Waals surface area contributed by atoms with Crippen LogP contribution in [0.3, 0.4) is 0 Å². The summed E-state index contributed by atoms with van der Waals surface area (Å²) >= 11 is 0. The zero-order valence-corrected chi connectivity index (χ0v) is 14.6. The summed E-state index contributed by atoms with van der Waals surface area (Å²) < 4.78 is 1.61. The molecule has 3 rings (SSSR count). The van der Waals surface area contributed by atoms with Crippen LogP contribution >= 0.6 is 0 Å². The number of nitrogens with zero attached hydrogens (tertiary/aromatic N) is 3. The molecule has 0 bridgehead atoms. The van der Waals surface area contributed by atoms with Gasteiger partial charge in [-0.05, 0) is 50.5 Å². The monoisotopic (exact) mass is 341 g/mol. The number of aromatic nitrogens is 3. The van der Waals surface area contributed by atoms with Crippen LogP contribution in [0.25, 0.3) is 5.69 Å². The molecule has 1 heterocycles. The maximum absolute atomic E-state index is 12.1. The van der Waals surface area contributed by atoms with Crippen molar-refractivity contribution >= 4 is 11.8 Å². The van der Waals surface area contributed by atoms with Gasteiger partial charge in [0.25, 0.3) is 11.8 Å². The highest BCUT2D eigenvalue weighted by Gasteiger charge is 2.26. The molecule has 7 heteroatoms. The zero-order valence-electron chi connectivity index (χ0n) is 14.6. The van der Waals surface area contributed by atoms with Gasteiger partial charge in [0.2, 0.25) is 0 Å². The molecule has 0 saturated heterocycles. The highest BCUT2D eigenvalue weighted by Crippen LogP contribution is 2.20. The van der Waals surface area contributed by atoms with Gasteiger partial charge in [-0.1, -0.05) is 18.6 Å². The normalized spacial score (nSPS) is 13.5. The molecule has 2 aromatic rings. The van der Waals surface area contributed by atoms with Crippen LogP contribution in [0.4, 0.5) is 0 Å². The Morgan fingerprint density at radius 1 is 1.20 bits per heavy atom. The third-order valence-corrected chi connectivity index (χ3v) is 4.21. The number of nitrogens with one attached hydrogen (secondary N) is 2. The largest absolute Gasteiger partial charge is 0.352 e. The van der Waals surface area contributed by atoms with Crippen LogP contribution < -0.4 is 10.6 Å². The highest BCUT2D eigenvalue weighted by molar-refractivity contribution is 5.94. The third-order valence-electron chi connectivity index (χ3n) is 4.21. The molecule has 0 radical (unpaired) electrons. The highest BCUT2D eigenvalue weighted by atomic mass is 16.2. The Labute approximate surface area is 146 Å². The van der Waals surface area contributed by atoms with Crippen molar-refractivity contribution in [3.63, 3.8) is 0 Å². The Morgan fingerprint density at radius 2 is 1.92 bits per heavy atom. The maximum Gasteiger partial charge on any atom is 0.273 e. The van der Waals surface area contributed by atoms with Crippen LogP contribution in [0.15, 0.2) is 24.3 Å². The number of unbranched alkanes of at least 4 members (excludes halogenated alkanes) is 1. The second-order valence-electron chi connectivity index (χ2n) is 6.34. The van der Waals surface area contributed by atoms with E-state index >= 15 is 0 Å². The van der Waals surface area contributed by atoms with E-state index in [0.29, 0.717) is 23.5 Å². The molecule has 0 unspecified atom stereocenters. The zero-order chi connectivity index (χ0) is 17.8. The van der Waals surface area contributed by atoms with E-state index in [0.717, 1.165) is 31.4 Å². The Hall–Kier alpha value is -2.70. The molecule has 132 valence electrons. The number of rotatable bonds is 7. The lowest BCUT2D eigenvalue weighted by atomic mass is 10.2. The molecular weight excluding hydrogens is 318 g/mol. The van der Waals surface area contributed by atoms with Crippen LogP contribution in [-0.2, 0) is 0 Å². The first-order valence-electron chi connectivity index (χ1n) is 8.72. The van der Waals surface area contributed by atoms with E-state index in [2.05, 4.69) is 27.9 Å². The topological polar surface area (TPSA) is 88.9 Å². The molecule has 1 aliphatic carbocycles. The maximum atomic E-state index is 12.1. The summed E-state index contributed by atoms with van der Waals surface area (Å²) in [7, 11) is 0. The number of hydrogen-bond donors (Lipinski definition) is 2. The first-order valence-corrected chi connectivity index (χ1v) is 8.72. The minimum Gasteiger partial charge on any atom is -0.352 e. The van der Waals surface area contributed by atoms with E-state index in [-0.39, 0.29) is 17.9 Å². The lowest BCUT2D eigenvalue weighted by molar-refractivity contribution is 0.0940. The van der Waals surface area contributed by atoms with Gasteiger partial charge in [0.1, 0.15) is 0 Å². The molecule has 1 aliphatic rings. The molecule has 1 aromatic heterocycles. The summed E-state index contributed by atoms with van der Waals surface area (Å²) in [4.78, 5) is 24.2. The molecule has 1 aromatic carbocycles. The predicted octanol–water partition coefficient (Wildman–Crippen LogP) is 2.00. The van der Waals surface area contributed by atoms with Gasteiger partial charge in [-0.25, -0.2) is 4.68 Å². The number of carbonyl (C=O) groups is 2. The van der Waals surface area contributed by atoms with E-state index in [4.69, 9.17) is 0 Å². The minimum absolute atomic E-state index is 0.0835. The molecule has 0 atom stereocenters. The lowest BCUT2D eigenvalue weighted by Gasteiger charge is -2.07. The first-order chi connectivity index (χ1) is 12.1. The lowest BCUT2D eigenvalue weighted by Crippen LogP contribution is -2.26. The van der Waals surface area contributed by atoms with Crippen LogP contribution in [0.2, 0.25) is 0 Å². The van der Waals surface area contributed by atoms with Crippen molar-refractivity contribution in [2.75, 3.05) is 6.54 Å². The molecule has 1 saturated carbocycles. The fourth-order valence-electron chi connectivity index (χ4n) is 2.50. The second-order valence-corrected chi connectivity index (χ2v) is 6.34. The molecule has 0 spiro atoms. The van der Waals surface area contributed by atoms with Crippen molar-refractivity contribution in [1.82, 2.24) is 25.6 Å².